The SMILES string of the molecule is Cc1nc2c(c(=O)[nH]1)CN(Cc1nn(C)c3ccccc13)CC2. The molecule has 6 heteroatoms. The van der Waals surface area contributed by atoms with E-state index in [0.717, 1.165) is 42.0 Å². The monoisotopic (exact) mass is 309 g/mol. The summed E-state index contributed by atoms with van der Waals surface area (Å²) in [6.07, 6.45) is 0.810. The van der Waals surface area contributed by atoms with E-state index in [-0.39, 0.29) is 5.56 Å². The molecule has 0 atom stereocenters. The molecule has 1 aliphatic rings. The van der Waals surface area contributed by atoms with Crippen LogP contribution in [0.25, 0.3) is 10.9 Å². The van der Waals surface area contributed by atoms with Gasteiger partial charge in [0.05, 0.1) is 22.5 Å². The van der Waals surface area contributed by atoms with Gasteiger partial charge in [0.25, 0.3) is 5.56 Å². The minimum Gasteiger partial charge on any atom is -0.310 e. The van der Waals surface area contributed by atoms with E-state index in [1.165, 1.54) is 5.39 Å². The van der Waals surface area contributed by atoms with Crippen LogP contribution >= 0.6 is 0 Å². The van der Waals surface area contributed by atoms with E-state index >= 15 is 0 Å². The van der Waals surface area contributed by atoms with E-state index in [4.69, 9.17) is 0 Å². The van der Waals surface area contributed by atoms with Crippen molar-refractivity contribution in [2.75, 3.05) is 6.54 Å². The van der Waals surface area contributed by atoms with Gasteiger partial charge in [-0.05, 0) is 13.0 Å². The Morgan fingerprint density at radius 2 is 2.13 bits per heavy atom. The Kier molecular flexibility index (Phi) is 3.27. The van der Waals surface area contributed by atoms with Gasteiger partial charge < -0.3 is 4.98 Å². The van der Waals surface area contributed by atoms with Crippen LogP contribution in [0.1, 0.15) is 22.8 Å². The number of hydrogen-bond acceptors (Lipinski definition) is 4. The number of aromatic nitrogens is 4. The number of nitrogens with one attached hydrogen (secondary N) is 1. The molecule has 3 heterocycles. The maximum absolute atomic E-state index is 12.2. The molecular formula is C17H19N5O. The van der Waals surface area contributed by atoms with Crippen LogP contribution < -0.4 is 5.56 Å². The number of para-hydroxylation sites is 1. The van der Waals surface area contributed by atoms with E-state index in [1.807, 2.05) is 30.8 Å². The van der Waals surface area contributed by atoms with Crippen molar-refractivity contribution in [2.45, 2.75) is 26.4 Å². The topological polar surface area (TPSA) is 66.8 Å². The highest BCUT2D eigenvalue weighted by Gasteiger charge is 2.22. The van der Waals surface area contributed by atoms with Crippen LogP contribution in [-0.2, 0) is 26.6 Å². The summed E-state index contributed by atoms with van der Waals surface area (Å²) in [4.78, 5) is 21.7. The van der Waals surface area contributed by atoms with Crippen LogP contribution in [-0.4, -0.2) is 31.2 Å². The quantitative estimate of drug-likeness (QED) is 0.779. The number of aromatic amines is 1. The number of aryl methyl sites for hydroxylation is 2. The van der Waals surface area contributed by atoms with Gasteiger partial charge >= 0.3 is 0 Å². The van der Waals surface area contributed by atoms with Gasteiger partial charge in [-0.3, -0.25) is 14.4 Å². The Morgan fingerprint density at radius 3 is 3.00 bits per heavy atom. The van der Waals surface area contributed by atoms with E-state index in [2.05, 4.69) is 32.1 Å². The van der Waals surface area contributed by atoms with Crippen LogP contribution in [0.3, 0.4) is 0 Å². The van der Waals surface area contributed by atoms with Gasteiger partial charge in [-0.25, -0.2) is 4.98 Å². The number of benzene rings is 1. The summed E-state index contributed by atoms with van der Waals surface area (Å²) in [7, 11) is 1.97. The van der Waals surface area contributed by atoms with E-state index in [1.54, 1.807) is 0 Å². The first-order valence-electron chi connectivity index (χ1n) is 7.83. The van der Waals surface area contributed by atoms with Crippen LogP contribution in [0, 0.1) is 6.92 Å². The maximum Gasteiger partial charge on any atom is 0.255 e. The lowest BCUT2D eigenvalue weighted by Gasteiger charge is -2.26. The number of hydrogen-bond donors (Lipinski definition) is 1. The standard InChI is InChI=1S/C17H19N5O/c1-11-18-14-7-8-22(9-13(14)17(23)19-11)10-15-12-5-3-4-6-16(12)21(2)20-15/h3-6H,7-10H2,1-2H3,(H,18,19,23). The predicted octanol–water partition coefficient (Wildman–Crippen LogP) is 1.52. The van der Waals surface area contributed by atoms with Crippen molar-refractivity contribution in [2.24, 2.45) is 7.05 Å². The lowest BCUT2D eigenvalue weighted by atomic mass is 10.1. The molecule has 0 unspecified atom stereocenters. The van der Waals surface area contributed by atoms with Gasteiger partial charge in [0.2, 0.25) is 0 Å². The molecule has 0 spiro atoms. The molecule has 6 nitrogen and oxygen atoms in total. The second kappa shape index (κ2) is 5.31. The van der Waals surface area contributed by atoms with Crippen LogP contribution in [0.4, 0.5) is 0 Å². The van der Waals surface area contributed by atoms with Gasteiger partial charge in [-0.1, -0.05) is 18.2 Å². The summed E-state index contributed by atoms with van der Waals surface area (Å²) >= 11 is 0. The molecule has 23 heavy (non-hydrogen) atoms. The molecule has 1 aromatic carbocycles. The highest BCUT2D eigenvalue weighted by molar-refractivity contribution is 5.81. The van der Waals surface area contributed by atoms with Crippen molar-refractivity contribution < 1.29 is 0 Å². The third kappa shape index (κ3) is 2.45. The zero-order valence-corrected chi connectivity index (χ0v) is 13.3. The molecule has 118 valence electrons. The van der Waals surface area contributed by atoms with Gasteiger partial charge in [0, 0.05) is 38.5 Å². The largest absolute Gasteiger partial charge is 0.310 e. The zero-order chi connectivity index (χ0) is 16.0. The molecule has 0 fully saturated rings. The third-order valence-corrected chi connectivity index (χ3v) is 4.47. The summed E-state index contributed by atoms with van der Waals surface area (Å²) in [6, 6.07) is 8.25. The minimum absolute atomic E-state index is 0.0110. The molecule has 2 aromatic heterocycles. The summed E-state index contributed by atoms with van der Waals surface area (Å²) in [5.74, 6) is 0.693. The fourth-order valence-electron chi connectivity index (χ4n) is 3.36. The second-order valence-electron chi connectivity index (χ2n) is 6.12. The highest BCUT2D eigenvalue weighted by atomic mass is 16.1. The highest BCUT2D eigenvalue weighted by Crippen LogP contribution is 2.21. The van der Waals surface area contributed by atoms with Crippen molar-refractivity contribution in [3.8, 4) is 0 Å². The number of H-pyrrole nitrogens is 1. The fourth-order valence-corrected chi connectivity index (χ4v) is 3.36. The lowest BCUT2D eigenvalue weighted by Crippen LogP contribution is -2.35. The average molecular weight is 309 g/mol. The van der Waals surface area contributed by atoms with Crippen LogP contribution in [0.5, 0.6) is 0 Å². The van der Waals surface area contributed by atoms with E-state index < -0.39 is 0 Å². The van der Waals surface area contributed by atoms with Crippen molar-refractivity contribution >= 4 is 10.9 Å². The molecule has 4 rings (SSSR count). The van der Waals surface area contributed by atoms with Crippen LogP contribution in [0.2, 0.25) is 0 Å². The van der Waals surface area contributed by atoms with Gasteiger partial charge in [-0.15, -0.1) is 0 Å². The summed E-state index contributed by atoms with van der Waals surface area (Å²) in [5, 5.41) is 5.83. The zero-order valence-electron chi connectivity index (χ0n) is 13.3. The normalized spacial score (nSPS) is 15.0. The Balaban J connectivity index is 1.64. The molecule has 0 radical (unpaired) electrons. The summed E-state index contributed by atoms with van der Waals surface area (Å²) in [5.41, 5.74) is 3.91. The Bertz CT molecular complexity index is 940. The Labute approximate surface area is 133 Å². The Morgan fingerprint density at radius 1 is 1.30 bits per heavy atom. The van der Waals surface area contributed by atoms with Crippen molar-refractivity contribution in [3.63, 3.8) is 0 Å². The van der Waals surface area contributed by atoms with Crippen molar-refractivity contribution in [1.29, 1.82) is 0 Å². The molecule has 0 saturated heterocycles. The summed E-state index contributed by atoms with van der Waals surface area (Å²) < 4.78 is 1.92. The molecule has 0 saturated carbocycles. The molecule has 0 bridgehead atoms. The first-order chi connectivity index (χ1) is 11.1. The van der Waals surface area contributed by atoms with Crippen molar-refractivity contribution in [3.05, 3.63) is 57.4 Å². The molecule has 1 N–H and O–H groups in total. The smallest absolute Gasteiger partial charge is 0.255 e. The second-order valence-corrected chi connectivity index (χ2v) is 6.12. The maximum atomic E-state index is 12.2. The molecule has 0 aliphatic carbocycles. The van der Waals surface area contributed by atoms with Gasteiger partial charge in [0.1, 0.15) is 5.82 Å². The average Bonchev–Trinajstić information content (AvgIpc) is 2.85. The first-order valence-corrected chi connectivity index (χ1v) is 7.83. The minimum atomic E-state index is -0.0110. The Hall–Kier alpha value is -2.47. The van der Waals surface area contributed by atoms with E-state index in [9.17, 15) is 4.79 Å². The number of rotatable bonds is 2. The molecular weight excluding hydrogens is 290 g/mol. The van der Waals surface area contributed by atoms with Gasteiger partial charge in [0.15, 0.2) is 0 Å². The predicted molar refractivity (Wildman–Crippen MR) is 88.1 cm³/mol. The van der Waals surface area contributed by atoms with Crippen molar-refractivity contribution in [1.82, 2.24) is 24.6 Å². The fraction of sp³-hybridized carbons (Fsp3) is 0.353. The van der Waals surface area contributed by atoms with Gasteiger partial charge in [-0.2, -0.15) is 5.10 Å². The van der Waals surface area contributed by atoms with Crippen LogP contribution in [0.15, 0.2) is 29.1 Å². The van der Waals surface area contributed by atoms with E-state index in [0.29, 0.717) is 12.4 Å². The lowest BCUT2D eigenvalue weighted by molar-refractivity contribution is 0.239. The first kappa shape index (κ1) is 14.1. The number of nitrogens with zero attached hydrogens (tertiary/aromatic N) is 4. The summed E-state index contributed by atoms with van der Waals surface area (Å²) in [6.45, 7) is 4.10. The number of fused-ring (bicyclic) bond motifs is 2. The molecule has 0 amide bonds. The third-order valence-electron chi connectivity index (χ3n) is 4.47. The molecule has 3 aromatic rings. The molecule has 1 aliphatic heterocycles.